The molecule has 27 heavy (non-hydrogen) atoms. The van der Waals surface area contributed by atoms with Crippen molar-refractivity contribution in [1.29, 1.82) is 0 Å². The minimum Gasteiger partial charge on any atom is -0.485 e. The summed E-state index contributed by atoms with van der Waals surface area (Å²) < 4.78 is 16.2. The first-order chi connectivity index (χ1) is 13.0. The first-order valence-electron chi connectivity index (χ1n) is 8.90. The molecule has 1 heterocycles. The zero-order valence-electron chi connectivity index (χ0n) is 15.7. The van der Waals surface area contributed by atoms with Crippen molar-refractivity contribution in [3.63, 3.8) is 0 Å². The normalized spacial score (nSPS) is 15.3. The second-order valence-corrected chi connectivity index (χ2v) is 6.71. The number of carbonyl (C=O) groups excluding carboxylic acids is 2. The van der Waals surface area contributed by atoms with Gasteiger partial charge in [0.2, 0.25) is 6.10 Å². The summed E-state index contributed by atoms with van der Waals surface area (Å²) in [5, 5.41) is 2.85. The standard InChI is InChI=1S/C21H23NO5/c1-13(2)15-8-6-7-14(3)20(15)22-19(23)12-26-21(24)18-11-25-16-9-4-5-10-17(16)27-18/h4-10,13,18H,11-12H2,1-3H3,(H,22,23)/t18-/m0/s1. The van der Waals surface area contributed by atoms with Gasteiger partial charge in [0, 0.05) is 5.69 Å². The van der Waals surface area contributed by atoms with E-state index in [0.29, 0.717) is 11.5 Å². The van der Waals surface area contributed by atoms with Gasteiger partial charge in [-0.2, -0.15) is 0 Å². The second kappa shape index (κ2) is 8.12. The molecule has 0 aromatic heterocycles. The highest BCUT2D eigenvalue weighted by atomic mass is 16.6. The lowest BCUT2D eigenvalue weighted by Crippen LogP contribution is -2.39. The van der Waals surface area contributed by atoms with Crippen molar-refractivity contribution in [3.05, 3.63) is 53.6 Å². The third kappa shape index (κ3) is 4.39. The predicted molar refractivity (Wildman–Crippen MR) is 101 cm³/mol. The molecule has 3 rings (SSSR count). The Hall–Kier alpha value is -3.02. The lowest BCUT2D eigenvalue weighted by atomic mass is 9.98. The SMILES string of the molecule is Cc1cccc(C(C)C)c1NC(=O)COC(=O)[C@@H]1COc2ccccc2O1. The molecule has 0 unspecified atom stereocenters. The molecule has 1 atom stereocenters. The van der Waals surface area contributed by atoms with Crippen LogP contribution in [0.5, 0.6) is 11.5 Å². The monoisotopic (exact) mass is 369 g/mol. The Morgan fingerprint density at radius 2 is 1.89 bits per heavy atom. The number of ether oxygens (including phenoxy) is 3. The van der Waals surface area contributed by atoms with E-state index < -0.39 is 18.0 Å². The van der Waals surface area contributed by atoms with Crippen LogP contribution in [0.4, 0.5) is 5.69 Å². The summed E-state index contributed by atoms with van der Waals surface area (Å²) in [4.78, 5) is 24.5. The topological polar surface area (TPSA) is 73.9 Å². The number of hydrogen-bond acceptors (Lipinski definition) is 5. The number of fused-ring (bicyclic) bond motifs is 1. The molecule has 1 aliphatic rings. The molecule has 6 nitrogen and oxygen atoms in total. The van der Waals surface area contributed by atoms with Crippen LogP contribution in [-0.4, -0.2) is 31.2 Å². The summed E-state index contributed by atoms with van der Waals surface area (Å²) in [5.41, 5.74) is 2.76. The Bertz CT molecular complexity index is 846. The van der Waals surface area contributed by atoms with Crippen LogP contribution >= 0.6 is 0 Å². The van der Waals surface area contributed by atoms with E-state index in [1.807, 2.05) is 31.2 Å². The van der Waals surface area contributed by atoms with Gasteiger partial charge in [0.1, 0.15) is 6.61 Å². The smallest absolute Gasteiger partial charge is 0.351 e. The number of esters is 1. The minimum atomic E-state index is -0.891. The predicted octanol–water partition coefficient (Wildman–Crippen LogP) is 3.44. The molecule has 0 aliphatic carbocycles. The van der Waals surface area contributed by atoms with Crippen LogP contribution in [0.1, 0.15) is 30.9 Å². The maximum absolute atomic E-state index is 12.3. The van der Waals surface area contributed by atoms with Gasteiger partial charge in [-0.1, -0.05) is 44.2 Å². The van der Waals surface area contributed by atoms with Gasteiger partial charge in [-0.15, -0.1) is 0 Å². The zero-order valence-corrected chi connectivity index (χ0v) is 15.7. The quantitative estimate of drug-likeness (QED) is 0.818. The maximum Gasteiger partial charge on any atom is 0.351 e. The fourth-order valence-corrected chi connectivity index (χ4v) is 2.88. The van der Waals surface area contributed by atoms with Crippen molar-refractivity contribution in [3.8, 4) is 11.5 Å². The van der Waals surface area contributed by atoms with Crippen LogP contribution in [0, 0.1) is 6.92 Å². The molecule has 0 spiro atoms. The summed E-state index contributed by atoms with van der Waals surface area (Å²) in [7, 11) is 0. The summed E-state index contributed by atoms with van der Waals surface area (Å²) in [6.07, 6.45) is -0.891. The zero-order chi connectivity index (χ0) is 19.4. The number of para-hydroxylation sites is 3. The highest BCUT2D eigenvalue weighted by Gasteiger charge is 2.29. The van der Waals surface area contributed by atoms with Gasteiger partial charge in [-0.05, 0) is 36.1 Å². The third-order valence-electron chi connectivity index (χ3n) is 4.31. The first-order valence-corrected chi connectivity index (χ1v) is 8.90. The molecular formula is C21H23NO5. The average molecular weight is 369 g/mol. The van der Waals surface area contributed by atoms with Crippen LogP contribution < -0.4 is 14.8 Å². The molecule has 1 aliphatic heterocycles. The molecule has 2 aromatic carbocycles. The van der Waals surface area contributed by atoms with Gasteiger partial charge in [-0.3, -0.25) is 4.79 Å². The van der Waals surface area contributed by atoms with Crippen LogP contribution in [0.25, 0.3) is 0 Å². The van der Waals surface area contributed by atoms with E-state index in [9.17, 15) is 9.59 Å². The molecule has 0 bridgehead atoms. The molecular weight excluding hydrogens is 346 g/mol. The van der Waals surface area contributed by atoms with Gasteiger partial charge in [0.05, 0.1) is 0 Å². The van der Waals surface area contributed by atoms with Gasteiger partial charge in [0.25, 0.3) is 5.91 Å². The Balaban J connectivity index is 1.57. The number of amides is 1. The Morgan fingerprint density at radius 3 is 2.63 bits per heavy atom. The summed E-state index contributed by atoms with van der Waals surface area (Å²) in [6.45, 7) is 5.71. The van der Waals surface area contributed by atoms with Crippen molar-refractivity contribution in [2.24, 2.45) is 0 Å². The van der Waals surface area contributed by atoms with E-state index in [1.165, 1.54) is 0 Å². The highest BCUT2D eigenvalue weighted by molar-refractivity contribution is 5.94. The average Bonchev–Trinajstić information content (AvgIpc) is 2.67. The van der Waals surface area contributed by atoms with Gasteiger partial charge < -0.3 is 19.5 Å². The molecule has 0 fully saturated rings. The minimum absolute atomic E-state index is 0.0484. The Morgan fingerprint density at radius 1 is 1.15 bits per heavy atom. The van der Waals surface area contributed by atoms with Gasteiger partial charge in [-0.25, -0.2) is 4.79 Å². The number of nitrogens with one attached hydrogen (secondary N) is 1. The lowest BCUT2D eigenvalue weighted by molar-refractivity contribution is -0.156. The summed E-state index contributed by atoms with van der Waals surface area (Å²) >= 11 is 0. The fourth-order valence-electron chi connectivity index (χ4n) is 2.88. The number of anilines is 1. The maximum atomic E-state index is 12.3. The van der Waals surface area contributed by atoms with Gasteiger partial charge >= 0.3 is 5.97 Å². The molecule has 0 saturated carbocycles. The van der Waals surface area contributed by atoms with Crippen molar-refractivity contribution in [1.82, 2.24) is 0 Å². The molecule has 1 N–H and O–H groups in total. The van der Waals surface area contributed by atoms with E-state index in [-0.39, 0.29) is 19.1 Å². The Kier molecular flexibility index (Phi) is 5.64. The van der Waals surface area contributed by atoms with Crippen LogP contribution in [0.3, 0.4) is 0 Å². The van der Waals surface area contributed by atoms with Crippen molar-refractivity contribution in [2.75, 3.05) is 18.5 Å². The van der Waals surface area contributed by atoms with Crippen molar-refractivity contribution < 1.29 is 23.8 Å². The summed E-state index contributed by atoms with van der Waals surface area (Å²) in [6, 6.07) is 13.0. The first kappa shape index (κ1) is 18.8. The second-order valence-electron chi connectivity index (χ2n) is 6.71. The van der Waals surface area contributed by atoms with Crippen molar-refractivity contribution in [2.45, 2.75) is 32.8 Å². The third-order valence-corrected chi connectivity index (χ3v) is 4.31. The fraction of sp³-hybridized carbons (Fsp3) is 0.333. The number of aryl methyl sites for hydroxylation is 1. The number of hydrogen-bond donors (Lipinski definition) is 1. The molecule has 0 saturated heterocycles. The molecule has 1 amide bonds. The van der Waals surface area contributed by atoms with Crippen LogP contribution in [0.15, 0.2) is 42.5 Å². The molecule has 6 heteroatoms. The Labute approximate surface area is 158 Å². The number of benzene rings is 2. The van der Waals surface area contributed by atoms with Crippen LogP contribution in [0.2, 0.25) is 0 Å². The molecule has 2 aromatic rings. The lowest BCUT2D eigenvalue weighted by Gasteiger charge is -2.24. The highest BCUT2D eigenvalue weighted by Crippen LogP contribution is 2.31. The van der Waals surface area contributed by atoms with Crippen molar-refractivity contribution >= 4 is 17.6 Å². The van der Waals surface area contributed by atoms with Gasteiger partial charge in [0.15, 0.2) is 18.1 Å². The number of carbonyl (C=O) groups is 2. The number of rotatable bonds is 5. The van der Waals surface area contributed by atoms with E-state index in [0.717, 1.165) is 16.8 Å². The molecule has 0 radical (unpaired) electrons. The molecule has 142 valence electrons. The van der Waals surface area contributed by atoms with Crippen LogP contribution in [-0.2, 0) is 14.3 Å². The van der Waals surface area contributed by atoms with E-state index in [4.69, 9.17) is 14.2 Å². The van der Waals surface area contributed by atoms with E-state index in [2.05, 4.69) is 19.2 Å². The largest absolute Gasteiger partial charge is 0.485 e. The summed E-state index contributed by atoms with van der Waals surface area (Å²) in [5.74, 6) is 0.303. The van der Waals surface area contributed by atoms with E-state index >= 15 is 0 Å². The van der Waals surface area contributed by atoms with E-state index in [1.54, 1.807) is 18.2 Å².